The molecule has 0 aromatic carbocycles. The molecule has 0 unspecified atom stereocenters. The first-order valence-corrected chi connectivity index (χ1v) is 4.36. The van der Waals surface area contributed by atoms with Gasteiger partial charge in [0, 0.05) is 0 Å². The molecule has 0 bridgehead atoms. The highest BCUT2D eigenvalue weighted by Crippen LogP contribution is 2.21. The van der Waals surface area contributed by atoms with E-state index in [9.17, 15) is 13.6 Å². The molecule has 6 heteroatoms. The molecule has 1 heterocycles. The van der Waals surface area contributed by atoms with Crippen molar-refractivity contribution < 1.29 is 18.7 Å². The molecule has 0 radical (unpaired) electrons. The molecule has 16 heavy (non-hydrogen) atoms. The molecule has 1 rings (SSSR count). The largest absolute Gasteiger partial charge is 0.481 e. The number of alkyl halides is 2. The van der Waals surface area contributed by atoms with Gasteiger partial charge in [0.1, 0.15) is 11.8 Å². The van der Waals surface area contributed by atoms with Gasteiger partial charge >= 0.3 is 5.97 Å². The zero-order valence-electron chi connectivity index (χ0n) is 8.37. The van der Waals surface area contributed by atoms with Crippen molar-refractivity contribution in [1.29, 1.82) is 5.26 Å². The van der Waals surface area contributed by atoms with Crippen LogP contribution in [0, 0.1) is 18.3 Å². The van der Waals surface area contributed by atoms with Gasteiger partial charge in [-0.05, 0) is 18.6 Å². The van der Waals surface area contributed by atoms with E-state index >= 15 is 0 Å². The fourth-order valence-corrected chi connectivity index (χ4v) is 1.30. The lowest BCUT2D eigenvalue weighted by molar-refractivity contribution is -0.136. The molecule has 0 aliphatic carbocycles. The summed E-state index contributed by atoms with van der Waals surface area (Å²) in [7, 11) is 0. The van der Waals surface area contributed by atoms with Gasteiger partial charge in [-0.25, -0.2) is 13.8 Å². The number of nitrogens with zero attached hydrogens (tertiary/aromatic N) is 2. The SMILES string of the molecule is Cc1cc(C(F)F)nc(CC(=O)O)c1C#N. The summed E-state index contributed by atoms with van der Waals surface area (Å²) < 4.78 is 24.8. The van der Waals surface area contributed by atoms with Crippen LogP contribution >= 0.6 is 0 Å². The zero-order valence-corrected chi connectivity index (χ0v) is 8.37. The molecule has 0 fully saturated rings. The number of rotatable bonds is 3. The summed E-state index contributed by atoms with van der Waals surface area (Å²) in [5, 5.41) is 17.3. The maximum Gasteiger partial charge on any atom is 0.309 e. The highest BCUT2D eigenvalue weighted by molar-refractivity contribution is 5.70. The van der Waals surface area contributed by atoms with E-state index in [1.54, 1.807) is 6.07 Å². The summed E-state index contributed by atoms with van der Waals surface area (Å²) in [6.07, 6.45) is -3.32. The third-order valence-corrected chi connectivity index (χ3v) is 1.97. The van der Waals surface area contributed by atoms with Crippen LogP contribution in [0.5, 0.6) is 0 Å². The predicted octanol–water partition coefficient (Wildman–Crippen LogP) is 1.83. The molecule has 1 N–H and O–H groups in total. The Morgan fingerprint density at radius 2 is 2.31 bits per heavy atom. The summed E-state index contributed by atoms with van der Waals surface area (Å²) in [5.41, 5.74) is -0.270. The molecule has 84 valence electrons. The molecule has 1 aromatic heterocycles. The van der Waals surface area contributed by atoms with Crippen molar-refractivity contribution in [3.63, 3.8) is 0 Å². The highest BCUT2D eigenvalue weighted by atomic mass is 19.3. The van der Waals surface area contributed by atoms with E-state index in [-0.39, 0.29) is 11.3 Å². The van der Waals surface area contributed by atoms with Crippen molar-refractivity contribution in [1.82, 2.24) is 4.98 Å². The summed E-state index contributed by atoms with van der Waals surface area (Å²) >= 11 is 0. The Kier molecular flexibility index (Phi) is 3.51. The van der Waals surface area contributed by atoms with Crippen LogP contribution in [-0.4, -0.2) is 16.1 Å². The average Bonchev–Trinajstić information content (AvgIpc) is 2.16. The third-order valence-electron chi connectivity index (χ3n) is 1.97. The second-order valence-electron chi connectivity index (χ2n) is 3.17. The number of carboxylic acid groups (broad SMARTS) is 1. The van der Waals surface area contributed by atoms with Crippen molar-refractivity contribution in [2.75, 3.05) is 0 Å². The maximum atomic E-state index is 12.4. The van der Waals surface area contributed by atoms with Crippen molar-refractivity contribution in [2.24, 2.45) is 0 Å². The first kappa shape index (κ1) is 12.0. The Balaban J connectivity index is 3.32. The average molecular weight is 226 g/mol. The fraction of sp³-hybridized carbons (Fsp3) is 0.300. The number of pyridine rings is 1. The Morgan fingerprint density at radius 1 is 1.69 bits per heavy atom. The van der Waals surface area contributed by atoms with Gasteiger partial charge in [-0.3, -0.25) is 4.79 Å². The van der Waals surface area contributed by atoms with Crippen molar-refractivity contribution in [3.8, 4) is 6.07 Å². The number of hydrogen-bond acceptors (Lipinski definition) is 3. The molecular formula is C10H8F2N2O2. The minimum Gasteiger partial charge on any atom is -0.481 e. The number of aliphatic carboxylic acids is 1. The monoisotopic (exact) mass is 226 g/mol. The summed E-state index contributed by atoms with van der Waals surface area (Å²) in [4.78, 5) is 14.0. The molecular weight excluding hydrogens is 218 g/mol. The van der Waals surface area contributed by atoms with Gasteiger partial charge in [-0.2, -0.15) is 5.26 Å². The van der Waals surface area contributed by atoms with Crippen molar-refractivity contribution in [2.45, 2.75) is 19.8 Å². The van der Waals surface area contributed by atoms with Crippen LogP contribution in [0.25, 0.3) is 0 Å². The maximum absolute atomic E-state index is 12.4. The van der Waals surface area contributed by atoms with Gasteiger partial charge in [-0.15, -0.1) is 0 Å². The van der Waals surface area contributed by atoms with Gasteiger partial charge in [-0.1, -0.05) is 0 Å². The van der Waals surface area contributed by atoms with Crippen LogP contribution < -0.4 is 0 Å². The molecule has 0 atom stereocenters. The lowest BCUT2D eigenvalue weighted by atomic mass is 10.1. The second kappa shape index (κ2) is 4.66. The van der Waals surface area contributed by atoms with Crippen LogP contribution in [0.15, 0.2) is 6.07 Å². The Labute approximate surface area is 90.2 Å². The fourth-order valence-electron chi connectivity index (χ4n) is 1.30. The van der Waals surface area contributed by atoms with E-state index < -0.39 is 24.5 Å². The third kappa shape index (κ3) is 2.51. The molecule has 0 saturated heterocycles. The van der Waals surface area contributed by atoms with Gasteiger partial charge in [0.05, 0.1) is 17.7 Å². The standard InChI is InChI=1S/C10H8F2N2O2/c1-5-2-8(10(11)12)14-7(3-9(15)16)6(5)4-13/h2,10H,3H2,1H3,(H,15,16). The number of hydrogen-bond donors (Lipinski definition) is 1. The van der Waals surface area contributed by atoms with Crippen LogP contribution in [0.1, 0.15) is 28.9 Å². The molecule has 0 aliphatic heterocycles. The first-order valence-electron chi connectivity index (χ1n) is 4.36. The van der Waals surface area contributed by atoms with E-state index in [2.05, 4.69) is 4.98 Å². The molecule has 0 amide bonds. The number of aryl methyl sites for hydroxylation is 1. The van der Waals surface area contributed by atoms with Crippen LogP contribution in [0.2, 0.25) is 0 Å². The topological polar surface area (TPSA) is 74.0 Å². The number of halogens is 2. The Morgan fingerprint density at radius 3 is 2.75 bits per heavy atom. The van der Waals surface area contributed by atoms with E-state index in [1.165, 1.54) is 6.92 Å². The lowest BCUT2D eigenvalue weighted by Gasteiger charge is -2.07. The smallest absolute Gasteiger partial charge is 0.309 e. The number of carboxylic acids is 1. The molecule has 0 saturated carbocycles. The van der Waals surface area contributed by atoms with Crippen molar-refractivity contribution >= 4 is 5.97 Å². The number of carbonyl (C=O) groups is 1. The van der Waals surface area contributed by atoms with E-state index in [0.29, 0.717) is 5.56 Å². The van der Waals surface area contributed by atoms with Crippen LogP contribution in [0.4, 0.5) is 8.78 Å². The summed E-state index contributed by atoms with van der Waals surface area (Å²) in [6, 6.07) is 2.86. The van der Waals surface area contributed by atoms with Gasteiger partial charge in [0.25, 0.3) is 6.43 Å². The number of nitriles is 1. The van der Waals surface area contributed by atoms with Gasteiger partial charge < -0.3 is 5.11 Å². The van der Waals surface area contributed by atoms with Crippen molar-refractivity contribution in [3.05, 3.63) is 28.6 Å². The van der Waals surface area contributed by atoms with Crippen LogP contribution in [-0.2, 0) is 11.2 Å². The molecule has 1 aromatic rings. The predicted molar refractivity (Wildman–Crippen MR) is 50.0 cm³/mol. The van der Waals surface area contributed by atoms with E-state index in [1.807, 2.05) is 0 Å². The van der Waals surface area contributed by atoms with Gasteiger partial charge in [0.15, 0.2) is 0 Å². The van der Waals surface area contributed by atoms with E-state index in [4.69, 9.17) is 10.4 Å². The zero-order chi connectivity index (χ0) is 12.3. The number of aromatic nitrogens is 1. The lowest BCUT2D eigenvalue weighted by Crippen LogP contribution is -2.08. The molecule has 0 aliphatic rings. The van der Waals surface area contributed by atoms with Gasteiger partial charge in [0.2, 0.25) is 0 Å². The summed E-state index contributed by atoms with van der Waals surface area (Å²) in [5.74, 6) is -1.21. The highest BCUT2D eigenvalue weighted by Gasteiger charge is 2.17. The normalized spacial score (nSPS) is 10.2. The Bertz CT molecular complexity index is 467. The molecule has 0 spiro atoms. The Hall–Kier alpha value is -2.03. The minimum atomic E-state index is -2.78. The summed E-state index contributed by atoms with van der Waals surface area (Å²) in [6.45, 7) is 1.47. The first-order chi connectivity index (χ1) is 7.45. The second-order valence-corrected chi connectivity index (χ2v) is 3.17. The van der Waals surface area contributed by atoms with Crippen LogP contribution in [0.3, 0.4) is 0 Å². The molecule has 4 nitrogen and oxygen atoms in total. The quantitative estimate of drug-likeness (QED) is 0.853. The minimum absolute atomic E-state index is 0.0480. The van der Waals surface area contributed by atoms with E-state index in [0.717, 1.165) is 6.07 Å².